The largest absolute Gasteiger partial charge is 0.322 e. The van der Waals surface area contributed by atoms with Gasteiger partial charge in [-0.2, -0.15) is 5.10 Å². The first-order valence-corrected chi connectivity index (χ1v) is 10.3. The van der Waals surface area contributed by atoms with Crippen LogP contribution in [0.1, 0.15) is 10.4 Å². The molecule has 0 unspecified atom stereocenters. The van der Waals surface area contributed by atoms with Gasteiger partial charge in [-0.15, -0.1) is 0 Å². The second-order valence-corrected chi connectivity index (χ2v) is 8.40. The second kappa shape index (κ2) is 7.40. The molecule has 0 radical (unpaired) electrons. The Morgan fingerprint density at radius 3 is 2.55 bits per heavy atom. The average molecular weight is 406 g/mol. The summed E-state index contributed by atoms with van der Waals surface area (Å²) in [5.74, 6) is -0.356. The third-order valence-corrected chi connectivity index (χ3v) is 6.37. The van der Waals surface area contributed by atoms with Crippen LogP contribution in [0.4, 0.5) is 11.4 Å². The Morgan fingerprint density at radius 2 is 1.76 bits per heavy atom. The number of nitrogens with zero attached hydrogens (tertiary/aromatic N) is 2. The number of aromatic amines is 1. The van der Waals surface area contributed by atoms with Crippen molar-refractivity contribution < 1.29 is 13.2 Å². The quantitative estimate of drug-likeness (QED) is 0.529. The fourth-order valence-corrected chi connectivity index (χ4v) is 4.27. The first-order valence-electron chi connectivity index (χ1n) is 8.84. The number of H-pyrrole nitrogens is 1. The maximum Gasteiger partial charge on any atom is 0.264 e. The molecule has 1 amide bonds. The predicted molar refractivity (Wildman–Crippen MR) is 113 cm³/mol. The van der Waals surface area contributed by atoms with E-state index in [0.717, 1.165) is 5.39 Å². The lowest BCUT2D eigenvalue weighted by Gasteiger charge is -2.20. The van der Waals surface area contributed by atoms with Gasteiger partial charge in [-0.1, -0.05) is 36.4 Å². The highest BCUT2D eigenvalue weighted by atomic mass is 32.2. The number of nitrogens with one attached hydrogen (secondary N) is 2. The number of hydrogen-bond donors (Lipinski definition) is 2. The average Bonchev–Trinajstić information content (AvgIpc) is 3.23. The molecule has 0 atom stereocenters. The number of carbonyl (C=O) groups excluding carboxylic acids is 1. The van der Waals surface area contributed by atoms with E-state index in [4.69, 9.17) is 0 Å². The molecule has 1 heterocycles. The van der Waals surface area contributed by atoms with Gasteiger partial charge in [-0.3, -0.25) is 14.2 Å². The standard InChI is InChI=1S/C21H18N4O3S/c1-25(17-9-3-2-4-10-17)29(27,28)18-11-6-8-16(13-18)23-21(26)19-12-5-7-15-14-22-24-20(15)19/h2-14H,1H3,(H,22,24)(H,23,26). The molecule has 0 spiro atoms. The molecule has 1 aromatic heterocycles. The number of aromatic nitrogens is 2. The number of para-hydroxylation sites is 2. The molecule has 4 aromatic rings. The number of anilines is 2. The van der Waals surface area contributed by atoms with E-state index in [0.29, 0.717) is 22.5 Å². The molecule has 0 aliphatic rings. The van der Waals surface area contributed by atoms with E-state index in [-0.39, 0.29) is 10.8 Å². The van der Waals surface area contributed by atoms with E-state index in [2.05, 4.69) is 15.5 Å². The van der Waals surface area contributed by atoms with Gasteiger partial charge >= 0.3 is 0 Å². The Labute approximate surface area is 168 Å². The van der Waals surface area contributed by atoms with Crippen LogP contribution >= 0.6 is 0 Å². The van der Waals surface area contributed by atoms with Gasteiger partial charge in [0.25, 0.3) is 15.9 Å². The van der Waals surface area contributed by atoms with E-state index in [9.17, 15) is 13.2 Å². The lowest BCUT2D eigenvalue weighted by Crippen LogP contribution is -2.26. The predicted octanol–water partition coefficient (Wildman–Crippen LogP) is 3.64. The van der Waals surface area contributed by atoms with Crippen LogP contribution in [0.2, 0.25) is 0 Å². The molecule has 7 nitrogen and oxygen atoms in total. The summed E-state index contributed by atoms with van der Waals surface area (Å²) in [6, 6.07) is 20.3. The van der Waals surface area contributed by atoms with Crippen LogP contribution in [0, 0.1) is 0 Å². The molecule has 0 saturated heterocycles. The molecule has 0 saturated carbocycles. The minimum Gasteiger partial charge on any atom is -0.322 e. The van der Waals surface area contributed by atoms with Crippen molar-refractivity contribution in [3.8, 4) is 0 Å². The molecule has 0 aliphatic heterocycles. The molecule has 4 rings (SSSR count). The highest BCUT2D eigenvalue weighted by Gasteiger charge is 2.22. The summed E-state index contributed by atoms with van der Waals surface area (Å²) in [5.41, 5.74) is 1.98. The lowest BCUT2D eigenvalue weighted by molar-refractivity contribution is 0.102. The van der Waals surface area contributed by atoms with Crippen molar-refractivity contribution in [1.82, 2.24) is 10.2 Å². The summed E-state index contributed by atoms with van der Waals surface area (Å²) in [4.78, 5) is 12.8. The van der Waals surface area contributed by atoms with Gasteiger partial charge in [-0.05, 0) is 36.4 Å². The zero-order valence-corrected chi connectivity index (χ0v) is 16.3. The van der Waals surface area contributed by atoms with Crippen LogP contribution in [0.5, 0.6) is 0 Å². The zero-order valence-electron chi connectivity index (χ0n) is 15.5. The van der Waals surface area contributed by atoms with Crippen molar-refractivity contribution in [2.24, 2.45) is 0 Å². The minimum atomic E-state index is -3.77. The molecule has 29 heavy (non-hydrogen) atoms. The second-order valence-electron chi connectivity index (χ2n) is 6.43. The van der Waals surface area contributed by atoms with Crippen molar-refractivity contribution in [2.75, 3.05) is 16.7 Å². The minimum absolute atomic E-state index is 0.0846. The Bertz CT molecular complexity index is 1280. The Kier molecular flexibility index (Phi) is 4.77. The smallest absolute Gasteiger partial charge is 0.264 e. The fraction of sp³-hybridized carbons (Fsp3) is 0.0476. The number of amides is 1. The first-order chi connectivity index (χ1) is 14.0. The maximum absolute atomic E-state index is 13.0. The molecular weight excluding hydrogens is 388 g/mol. The fourth-order valence-electron chi connectivity index (χ4n) is 3.03. The van der Waals surface area contributed by atoms with Crippen molar-refractivity contribution in [1.29, 1.82) is 0 Å². The summed E-state index contributed by atoms with van der Waals surface area (Å²) in [6.45, 7) is 0. The van der Waals surface area contributed by atoms with Gasteiger partial charge in [0, 0.05) is 18.1 Å². The normalized spacial score (nSPS) is 11.3. The van der Waals surface area contributed by atoms with Gasteiger partial charge in [-0.25, -0.2) is 8.42 Å². The SMILES string of the molecule is CN(c1ccccc1)S(=O)(=O)c1cccc(NC(=O)c2cccc3cn[nH]c23)c1. The van der Waals surface area contributed by atoms with E-state index < -0.39 is 10.0 Å². The Balaban J connectivity index is 1.62. The monoisotopic (exact) mass is 406 g/mol. The highest BCUT2D eigenvalue weighted by molar-refractivity contribution is 7.92. The number of fused-ring (bicyclic) bond motifs is 1. The van der Waals surface area contributed by atoms with Crippen LogP contribution in [-0.4, -0.2) is 31.6 Å². The Morgan fingerprint density at radius 1 is 1.00 bits per heavy atom. The summed E-state index contributed by atoms with van der Waals surface area (Å²) in [7, 11) is -2.28. The van der Waals surface area contributed by atoms with Gasteiger partial charge in [0.1, 0.15) is 0 Å². The van der Waals surface area contributed by atoms with Crippen molar-refractivity contribution in [3.05, 3.63) is 84.6 Å². The third-order valence-electron chi connectivity index (χ3n) is 4.59. The van der Waals surface area contributed by atoms with Gasteiger partial charge < -0.3 is 5.32 Å². The lowest BCUT2D eigenvalue weighted by atomic mass is 10.1. The number of rotatable bonds is 5. The number of benzene rings is 3. The molecule has 146 valence electrons. The maximum atomic E-state index is 13.0. The number of sulfonamides is 1. The summed E-state index contributed by atoms with van der Waals surface area (Å²) in [5, 5.41) is 10.3. The highest BCUT2D eigenvalue weighted by Crippen LogP contribution is 2.24. The van der Waals surface area contributed by atoms with Crippen molar-refractivity contribution >= 4 is 38.2 Å². The summed E-state index contributed by atoms with van der Waals surface area (Å²) >= 11 is 0. The van der Waals surface area contributed by atoms with Crippen LogP contribution in [-0.2, 0) is 10.0 Å². The number of carbonyl (C=O) groups is 1. The van der Waals surface area contributed by atoms with Gasteiger partial charge in [0.15, 0.2) is 0 Å². The van der Waals surface area contributed by atoms with Crippen LogP contribution in [0.3, 0.4) is 0 Å². The Hall–Kier alpha value is -3.65. The molecule has 0 fully saturated rings. The molecule has 0 aliphatic carbocycles. The summed E-state index contributed by atoms with van der Waals surface area (Å²) in [6.07, 6.45) is 1.64. The van der Waals surface area contributed by atoms with Crippen LogP contribution in [0.15, 0.2) is 83.9 Å². The van der Waals surface area contributed by atoms with E-state index in [1.54, 1.807) is 54.7 Å². The van der Waals surface area contributed by atoms with Gasteiger partial charge in [0.2, 0.25) is 0 Å². The summed E-state index contributed by atoms with van der Waals surface area (Å²) < 4.78 is 27.2. The molecule has 3 aromatic carbocycles. The zero-order chi connectivity index (χ0) is 20.4. The van der Waals surface area contributed by atoms with E-state index in [1.165, 1.54) is 23.5 Å². The van der Waals surface area contributed by atoms with Crippen LogP contribution in [0.25, 0.3) is 10.9 Å². The molecule has 8 heteroatoms. The van der Waals surface area contributed by atoms with Crippen LogP contribution < -0.4 is 9.62 Å². The topological polar surface area (TPSA) is 95.2 Å². The molecular formula is C21H18N4O3S. The molecule has 0 bridgehead atoms. The van der Waals surface area contributed by atoms with Crippen molar-refractivity contribution in [2.45, 2.75) is 4.90 Å². The first kappa shape index (κ1) is 18.7. The number of hydrogen-bond acceptors (Lipinski definition) is 4. The van der Waals surface area contributed by atoms with E-state index in [1.807, 2.05) is 12.1 Å². The molecule has 2 N–H and O–H groups in total. The third kappa shape index (κ3) is 3.57. The van der Waals surface area contributed by atoms with Crippen molar-refractivity contribution in [3.63, 3.8) is 0 Å². The van der Waals surface area contributed by atoms with E-state index >= 15 is 0 Å². The van der Waals surface area contributed by atoms with Gasteiger partial charge in [0.05, 0.1) is 27.9 Å².